The number of carbonyl (C=O) groups excluding carboxylic acids is 5. The fourth-order valence-electron chi connectivity index (χ4n) is 4.38. The Balaban J connectivity index is 1.61. The number of thioether (sulfide) groups is 1. The molecule has 5 amide bonds. The number of para-hydroxylation sites is 1. The van der Waals surface area contributed by atoms with Crippen LogP contribution in [0.15, 0.2) is 54.7 Å². The van der Waals surface area contributed by atoms with Crippen molar-refractivity contribution in [1.29, 1.82) is 0 Å². The summed E-state index contributed by atoms with van der Waals surface area (Å²) in [5, 5.41) is 20.8. The predicted molar refractivity (Wildman–Crippen MR) is 160 cm³/mol. The van der Waals surface area contributed by atoms with Crippen molar-refractivity contribution in [3.8, 4) is 5.75 Å². The largest absolute Gasteiger partial charge is 0.508 e. The molecular formula is C29H36N6O6S. The van der Waals surface area contributed by atoms with Crippen molar-refractivity contribution in [1.82, 2.24) is 26.3 Å². The first-order valence-electron chi connectivity index (χ1n) is 13.3. The van der Waals surface area contributed by atoms with Gasteiger partial charge < -0.3 is 37.1 Å². The minimum atomic E-state index is -1.00. The molecule has 0 aliphatic heterocycles. The van der Waals surface area contributed by atoms with Crippen molar-refractivity contribution in [2.24, 2.45) is 5.73 Å². The van der Waals surface area contributed by atoms with Gasteiger partial charge >= 0.3 is 0 Å². The second kappa shape index (κ2) is 15.5. The number of primary amides is 1. The Morgan fingerprint density at radius 2 is 1.62 bits per heavy atom. The highest BCUT2D eigenvalue weighted by molar-refractivity contribution is 7.98. The summed E-state index contributed by atoms with van der Waals surface area (Å²) in [6, 6.07) is 10.8. The van der Waals surface area contributed by atoms with E-state index in [0.29, 0.717) is 11.3 Å². The van der Waals surface area contributed by atoms with Crippen LogP contribution >= 0.6 is 11.8 Å². The van der Waals surface area contributed by atoms with E-state index in [1.165, 1.54) is 30.8 Å². The number of hydrogen-bond donors (Lipinski definition) is 7. The number of phenols is 1. The summed E-state index contributed by atoms with van der Waals surface area (Å²) in [7, 11) is 0. The zero-order valence-electron chi connectivity index (χ0n) is 23.4. The van der Waals surface area contributed by atoms with Crippen molar-refractivity contribution >= 4 is 52.2 Å². The van der Waals surface area contributed by atoms with Crippen molar-refractivity contribution < 1.29 is 29.1 Å². The maximum Gasteiger partial charge on any atom is 0.243 e. The zero-order chi connectivity index (χ0) is 30.6. The molecule has 0 saturated heterocycles. The Morgan fingerprint density at radius 3 is 2.29 bits per heavy atom. The molecule has 3 aromatic rings. The summed E-state index contributed by atoms with van der Waals surface area (Å²) in [6.07, 6.45) is 4.18. The molecule has 13 heteroatoms. The highest BCUT2D eigenvalue weighted by Crippen LogP contribution is 2.19. The molecule has 42 heavy (non-hydrogen) atoms. The van der Waals surface area contributed by atoms with Crippen molar-refractivity contribution in [2.75, 3.05) is 18.6 Å². The number of rotatable bonds is 15. The quantitative estimate of drug-likeness (QED) is 0.133. The third-order valence-electron chi connectivity index (χ3n) is 6.51. The van der Waals surface area contributed by atoms with Gasteiger partial charge in [0.2, 0.25) is 29.5 Å². The number of nitrogens with two attached hydrogens (primary N) is 1. The summed E-state index contributed by atoms with van der Waals surface area (Å²) in [4.78, 5) is 65.8. The van der Waals surface area contributed by atoms with Crippen LogP contribution in [0, 0.1) is 0 Å². The van der Waals surface area contributed by atoms with E-state index in [9.17, 15) is 29.1 Å². The minimum absolute atomic E-state index is 0.0669. The predicted octanol–water partition coefficient (Wildman–Crippen LogP) is 0.488. The van der Waals surface area contributed by atoms with Crippen molar-refractivity contribution in [3.63, 3.8) is 0 Å². The molecular weight excluding hydrogens is 560 g/mol. The molecule has 1 heterocycles. The number of fused-ring (bicyclic) bond motifs is 1. The smallest absolute Gasteiger partial charge is 0.243 e. The lowest BCUT2D eigenvalue weighted by molar-refractivity contribution is -0.132. The lowest BCUT2D eigenvalue weighted by atomic mass is 10.0. The van der Waals surface area contributed by atoms with Gasteiger partial charge in [0.15, 0.2) is 0 Å². The number of carbonyl (C=O) groups is 5. The van der Waals surface area contributed by atoms with E-state index in [0.717, 1.165) is 16.5 Å². The molecule has 0 unspecified atom stereocenters. The van der Waals surface area contributed by atoms with Gasteiger partial charge in [-0.15, -0.1) is 0 Å². The van der Waals surface area contributed by atoms with E-state index >= 15 is 0 Å². The molecule has 2 aromatic carbocycles. The lowest BCUT2D eigenvalue weighted by Crippen LogP contribution is -2.55. The number of benzene rings is 2. The van der Waals surface area contributed by atoms with E-state index in [4.69, 9.17) is 5.73 Å². The number of amides is 5. The van der Waals surface area contributed by atoms with Crippen LogP contribution in [-0.4, -0.2) is 76.3 Å². The molecule has 1 aromatic heterocycles. The molecule has 12 nitrogen and oxygen atoms in total. The van der Waals surface area contributed by atoms with Crippen LogP contribution < -0.4 is 27.0 Å². The van der Waals surface area contributed by atoms with Crippen molar-refractivity contribution in [3.05, 3.63) is 65.9 Å². The van der Waals surface area contributed by atoms with Crippen LogP contribution in [0.1, 0.15) is 24.5 Å². The Labute approximate surface area is 247 Å². The fourth-order valence-corrected chi connectivity index (χ4v) is 4.85. The molecule has 0 saturated carbocycles. The molecule has 3 atom stereocenters. The lowest BCUT2D eigenvalue weighted by Gasteiger charge is -2.23. The topological polar surface area (TPSA) is 196 Å². The first-order valence-corrected chi connectivity index (χ1v) is 14.7. The number of nitrogens with one attached hydrogen (secondary N) is 5. The summed E-state index contributed by atoms with van der Waals surface area (Å²) in [5.74, 6) is -2.32. The molecule has 8 N–H and O–H groups in total. The number of H-pyrrole nitrogens is 1. The summed E-state index contributed by atoms with van der Waals surface area (Å²) >= 11 is 1.48. The Hall–Kier alpha value is -4.52. The van der Waals surface area contributed by atoms with Gasteiger partial charge in [-0.05, 0) is 47.8 Å². The van der Waals surface area contributed by atoms with Crippen LogP contribution in [0.3, 0.4) is 0 Å². The highest BCUT2D eigenvalue weighted by Gasteiger charge is 2.27. The normalized spacial score (nSPS) is 13.0. The van der Waals surface area contributed by atoms with Gasteiger partial charge in [0, 0.05) is 36.9 Å². The molecule has 0 aliphatic rings. The Morgan fingerprint density at radius 1 is 0.905 bits per heavy atom. The van der Waals surface area contributed by atoms with Crippen LogP contribution in [0.25, 0.3) is 10.9 Å². The SMILES string of the molecule is CSCC[C@H](NC(=O)[C@H](Cc1ccc(O)cc1)NC(C)=O)C(=O)NCC(=O)N[C@@H](Cc1c[nH]c2ccccc12)C(N)=O. The van der Waals surface area contributed by atoms with E-state index in [1.807, 2.05) is 30.5 Å². The number of aromatic amines is 1. The number of aromatic nitrogens is 1. The average Bonchev–Trinajstić information content (AvgIpc) is 3.36. The Bertz CT molecular complexity index is 1410. The highest BCUT2D eigenvalue weighted by atomic mass is 32.2. The summed E-state index contributed by atoms with van der Waals surface area (Å²) in [5.41, 5.74) is 7.93. The zero-order valence-corrected chi connectivity index (χ0v) is 24.3. The van der Waals surface area contributed by atoms with Gasteiger partial charge in [0.1, 0.15) is 23.9 Å². The molecule has 0 fully saturated rings. The number of aromatic hydroxyl groups is 1. The average molecular weight is 597 g/mol. The molecule has 3 rings (SSSR count). The maximum atomic E-state index is 13.1. The van der Waals surface area contributed by atoms with E-state index in [-0.39, 0.29) is 25.0 Å². The van der Waals surface area contributed by atoms with Gasteiger partial charge in [-0.2, -0.15) is 11.8 Å². The Kier molecular flexibility index (Phi) is 11.8. The van der Waals surface area contributed by atoms with Crippen LogP contribution in [0.5, 0.6) is 5.75 Å². The molecule has 0 bridgehead atoms. The number of hydrogen-bond acceptors (Lipinski definition) is 7. The van der Waals surface area contributed by atoms with E-state index in [2.05, 4.69) is 26.3 Å². The summed E-state index contributed by atoms with van der Waals surface area (Å²) < 4.78 is 0. The van der Waals surface area contributed by atoms with Gasteiger partial charge in [-0.1, -0.05) is 30.3 Å². The van der Waals surface area contributed by atoms with E-state index in [1.54, 1.807) is 18.3 Å². The fraction of sp³-hybridized carbons (Fsp3) is 0.345. The standard InChI is InChI=1S/C29H36N6O6S/c1-17(36)33-25(13-18-7-9-20(37)10-8-18)29(41)35-23(11-12-42-2)28(40)32-16-26(38)34-24(27(30)39)14-19-15-31-22-6-4-3-5-21(19)22/h3-10,15,23-25,31,37H,11-14,16H2,1-2H3,(H2,30,39)(H,32,40)(H,33,36)(H,34,38)(H,35,41)/t23-,24-,25-/m0/s1. The van der Waals surface area contributed by atoms with Crippen molar-refractivity contribution in [2.45, 2.75) is 44.3 Å². The minimum Gasteiger partial charge on any atom is -0.508 e. The summed E-state index contributed by atoms with van der Waals surface area (Å²) in [6.45, 7) is 0.844. The third kappa shape index (κ3) is 9.54. The van der Waals surface area contributed by atoms with Gasteiger partial charge in [0.25, 0.3) is 0 Å². The van der Waals surface area contributed by atoms with Crippen LogP contribution in [0.2, 0.25) is 0 Å². The third-order valence-corrected chi connectivity index (χ3v) is 7.16. The van der Waals surface area contributed by atoms with Gasteiger partial charge in [0.05, 0.1) is 6.54 Å². The second-order valence-electron chi connectivity index (χ2n) is 9.77. The maximum absolute atomic E-state index is 13.1. The molecule has 0 radical (unpaired) electrons. The van der Waals surface area contributed by atoms with Crippen LogP contribution in [-0.2, 0) is 36.8 Å². The van der Waals surface area contributed by atoms with Crippen LogP contribution in [0.4, 0.5) is 0 Å². The molecule has 0 aliphatic carbocycles. The van der Waals surface area contributed by atoms with Gasteiger partial charge in [-0.3, -0.25) is 24.0 Å². The van der Waals surface area contributed by atoms with E-state index < -0.39 is 54.2 Å². The number of phenolic OH excluding ortho intramolecular Hbond substituents is 1. The first-order chi connectivity index (χ1) is 20.1. The monoisotopic (exact) mass is 596 g/mol. The molecule has 224 valence electrons. The second-order valence-corrected chi connectivity index (χ2v) is 10.8. The first kappa shape index (κ1) is 32.0. The van der Waals surface area contributed by atoms with Gasteiger partial charge in [-0.25, -0.2) is 0 Å². The molecule has 0 spiro atoms.